The summed E-state index contributed by atoms with van der Waals surface area (Å²) in [7, 11) is -2.17. The Kier molecular flexibility index (Phi) is 5.31. The van der Waals surface area contributed by atoms with Crippen molar-refractivity contribution in [3.05, 3.63) is 54.5 Å². The maximum atomic E-state index is 12.7. The highest BCUT2D eigenvalue weighted by Gasteiger charge is 2.28. The van der Waals surface area contributed by atoms with Gasteiger partial charge in [-0.3, -0.25) is 14.6 Å². The number of rotatable bonds is 5. The maximum Gasteiger partial charge on any atom is 0.337 e. The number of fused-ring (bicyclic) bond motifs is 1. The standard InChI is InChI=1S/C19H21N5O4S/c1-28-19(25)15-4-5-18-16(11-15)12-21-24(18)14-22-7-9-23(10-8-22)29(26,27)17-3-2-6-20-13-17/h2-6,11-13H,7-10,14H2,1H3. The first-order valence-electron chi connectivity index (χ1n) is 9.15. The second-order valence-electron chi connectivity index (χ2n) is 6.76. The predicted molar refractivity (Wildman–Crippen MR) is 106 cm³/mol. The fourth-order valence-corrected chi connectivity index (χ4v) is 4.78. The Morgan fingerprint density at radius 3 is 2.62 bits per heavy atom. The van der Waals surface area contributed by atoms with Crippen molar-refractivity contribution in [1.29, 1.82) is 0 Å². The molecule has 3 heterocycles. The lowest BCUT2D eigenvalue weighted by molar-refractivity contribution is 0.0601. The first kappa shape index (κ1) is 19.5. The van der Waals surface area contributed by atoms with E-state index < -0.39 is 10.0 Å². The summed E-state index contributed by atoms with van der Waals surface area (Å²) >= 11 is 0. The quantitative estimate of drug-likeness (QED) is 0.577. The number of nitrogens with zero attached hydrogens (tertiary/aromatic N) is 5. The van der Waals surface area contributed by atoms with E-state index in [9.17, 15) is 13.2 Å². The average molecular weight is 415 g/mol. The Labute approximate surface area is 168 Å². The molecule has 1 aromatic carbocycles. The van der Waals surface area contributed by atoms with Crippen molar-refractivity contribution < 1.29 is 17.9 Å². The first-order chi connectivity index (χ1) is 14.0. The SMILES string of the molecule is COC(=O)c1ccc2c(cnn2CN2CCN(S(=O)(=O)c3cccnc3)CC2)c1. The first-order valence-corrected chi connectivity index (χ1v) is 10.6. The van der Waals surface area contributed by atoms with Gasteiger partial charge in [0.1, 0.15) is 4.90 Å². The molecule has 152 valence electrons. The molecule has 0 spiro atoms. The number of sulfonamides is 1. The Morgan fingerprint density at radius 1 is 1.14 bits per heavy atom. The largest absolute Gasteiger partial charge is 0.465 e. The van der Waals surface area contributed by atoms with Crippen LogP contribution in [0, 0.1) is 0 Å². The maximum absolute atomic E-state index is 12.7. The molecule has 0 amide bonds. The summed E-state index contributed by atoms with van der Waals surface area (Å²) in [6.07, 6.45) is 4.64. The number of carbonyl (C=O) groups is 1. The number of hydrogen-bond donors (Lipinski definition) is 0. The van der Waals surface area contributed by atoms with Crippen LogP contribution in [0.2, 0.25) is 0 Å². The second kappa shape index (κ2) is 7.90. The molecule has 0 radical (unpaired) electrons. The van der Waals surface area contributed by atoms with Gasteiger partial charge in [-0.1, -0.05) is 0 Å². The molecule has 0 N–H and O–H groups in total. The van der Waals surface area contributed by atoms with Crippen LogP contribution in [-0.2, 0) is 21.4 Å². The summed E-state index contributed by atoms with van der Waals surface area (Å²) in [5.41, 5.74) is 1.39. The molecule has 1 aliphatic heterocycles. The number of ether oxygens (including phenoxy) is 1. The van der Waals surface area contributed by atoms with Gasteiger partial charge in [0.05, 0.1) is 31.1 Å². The molecule has 0 unspecified atom stereocenters. The molecule has 10 heteroatoms. The molecule has 2 aromatic heterocycles. The van der Waals surface area contributed by atoms with Crippen molar-refractivity contribution in [3.8, 4) is 0 Å². The van der Waals surface area contributed by atoms with E-state index in [-0.39, 0.29) is 10.9 Å². The van der Waals surface area contributed by atoms with E-state index >= 15 is 0 Å². The van der Waals surface area contributed by atoms with E-state index in [2.05, 4.69) is 15.0 Å². The number of hydrogen-bond acceptors (Lipinski definition) is 7. The van der Waals surface area contributed by atoms with Gasteiger partial charge in [-0.05, 0) is 30.3 Å². The van der Waals surface area contributed by atoms with Gasteiger partial charge in [0, 0.05) is 44.0 Å². The highest BCUT2D eigenvalue weighted by molar-refractivity contribution is 7.89. The number of carbonyl (C=O) groups excluding carboxylic acids is 1. The Balaban J connectivity index is 1.43. The van der Waals surface area contributed by atoms with Crippen molar-refractivity contribution in [3.63, 3.8) is 0 Å². The van der Waals surface area contributed by atoms with Crippen molar-refractivity contribution in [2.24, 2.45) is 0 Å². The topological polar surface area (TPSA) is 97.6 Å². The van der Waals surface area contributed by atoms with Gasteiger partial charge in [-0.25, -0.2) is 13.2 Å². The van der Waals surface area contributed by atoms with E-state index in [4.69, 9.17) is 4.74 Å². The number of benzene rings is 1. The number of aromatic nitrogens is 3. The van der Waals surface area contributed by atoms with Gasteiger partial charge >= 0.3 is 5.97 Å². The van der Waals surface area contributed by atoms with Gasteiger partial charge in [-0.2, -0.15) is 9.40 Å². The lowest BCUT2D eigenvalue weighted by atomic mass is 10.1. The third kappa shape index (κ3) is 3.86. The summed E-state index contributed by atoms with van der Waals surface area (Å²) in [5.74, 6) is -0.384. The van der Waals surface area contributed by atoms with Crippen molar-refractivity contribution in [1.82, 2.24) is 24.0 Å². The van der Waals surface area contributed by atoms with Crippen LogP contribution < -0.4 is 0 Å². The molecule has 1 aliphatic rings. The van der Waals surface area contributed by atoms with Crippen molar-refractivity contribution in [2.45, 2.75) is 11.6 Å². The lowest BCUT2D eigenvalue weighted by Gasteiger charge is -2.33. The lowest BCUT2D eigenvalue weighted by Crippen LogP contribution is -2.48. The summed E-state index contributed by atoms with van der Waals surface area (Å²) in [4.78, 5) is 17.9. The summed E-state index contributed by atoms with van der Waals surface area (Å²) in [6, 6.07) is 8.50. The van der Waals surface area contributed by atoms with Crippen LogP contribution in [0.4, 0.5) is 0 Å². The number of pyridine rings is 1. The Hall–Kier alpha value is -2.82. The monoisotopic (exact) mass is 415 g/mol. The number of methoxy groups -OCH3 is 1. The second-order valence-corrected chi connectivity index (χ2v) is 8.70. The normalized spacial score (nSPS) is 16.2. The van der Waals surface area contributed by atoms with Crippen LogP contribution >= 0.6 is 0 Å². The van der Waals surface area contributed by atoms with Gasteiger partial charge < -0.3 is 4.74 Å². The zero-order valence-corrected chi connectivity index (χ0v) is 16.7. The fraction of sp³-hybridized carbons (Fsp3) is 0.316. The van der Waals surface area contributed by atoms with Crippen LogP contribution in [0.5, 0.6) is 0 Å². The van der Waals surface area contributed by atoms with E-state index in [0.717, 1.165) is 10.9 Å². The van der Waals surface area contributed by atoms with Crippen LogP contribution in [0.1, 0.15) is 10.4 Å². The van der Waals surface area contributed by atoms with Crippen LogP contribution in [0.3, 0.4) is 0 Å². The zero-order chi connectivity index (χ0) is 20.4. The third-order valence-electron chi connectivity index (χ3n) is 5.00. The molecule has 0 aliphatic carbocycles. The van der Waals surface area contributed by atoms with Gasteiger partial charge in [0.2, 0.25) is 10.0 Å². The minimum absolute atomic E-state index is 0.216. The van der Waals surface area contributed by atoms with Crippen LogP contribution in [-0.4, -0.2) is 71.6 Å². The number of piperazine rings is 1. The third-order valence-corrected chi connectivity index (χ3v) is 6.88. The average Bonchev–Trinajstić information content (AvgIpc) is 3.16. The Bertz CT molecular complexity index is 1120. The molecule has 0 bridgehead atoms. The predicted octanol–water partition coefficient (Wildman–Crippen LogP) is 1.18. The highest BCUT2D eigenvalue weighted by atomic mass is 32.2. The molecule has 29 heavy (non-hydrogen) atoms. The minimum atomic E-state index is -3.52. The molecular weight excluding hydrogens is 394 g/mol. The molecule has 4 rings (SSSR count). The number of esters is 1. The molecular formula is C19H21N5O4S. The van der Waals surface area contributed by atoms with Crippen molar-refractivity contribution >= 4 is 26.9 Å². The van der Waals surface area contributed by atoms with Crippen LogP contribution in [0.25, 0.3) is 10.9 Å². The molecule has 3 aromatic rings. The minimum Gasteiger partial charge on any atom is -0.465 e. The molecule has 0 atom stereocenters. The molecule has 1 fully saturated rings. The van der Waals surface area contributed by atoms with Gasteiger partial charge in [-0.15, -0.1) is 0 Å². The van der Waals surface area contributed by atoms with E-state index in [0.29, 0.717) is 38.4 Å². The summed E-state index contributed by atoms with van der Waals surface area (Å²) in [6.45, 7) is 2.55. The van der Waals surface area contributed by atoms with Gasteiger partial charge in [0.25, 0.3) is 0 Å². The smallest absolute Gasteiger partial charge is 0.337 e. The van der Waals surface area contributed by atoms with E-state index in [1.807, 2.05) is 10.7 Å². The fourth-order valence-electron chi connectivity index (χ4n) is 3.39. The zero-order valence-electron chi connectivity index (χ0n) is 15.9. The summed E-state index contributed by atoms with van der Waals surface area (Å²) < 4.78 is 33.5. The highest BCUT2D eigenvalue weighted by Crippen LogP contribution is 2.19. The molecule has 1 saturated heterocycles. The van der Waals surface area contributed by atoms with Gasteiger partial charge in [0.15, 0.2) is 0 Å². The van der Waals surface area contributed by atoms with E-state index in [1.165, 1.54) is 17.6 Å². The Morgan fingerprint density at radius 2 is 1.93 bits per heavy atom. The molecule has 0 saturated carbocycles. The van der Waals surface area contributed by atoms with Crippen molar-refractivity contribution in [2.75, 3.05) is 33.3 Å². The van der Waals surface area contributed by atoms with Crippen LogP contribution in [0.15, 0.2) is 53.8 Å². The molecule has 9 nitrogen and oxygen atoms in total. The summed E-state index contributed by atoms with van der Waals surface area (Å²) in [5, 5.41) is 5.27. The van der Waals surface area contributed by atoms with E-state index in [1.54, 1.807) is 36.7 Å².